The molecule has 0 amide bonds. The number of aromatic nitrogens is 4. The standard InChI is InChI=1S/C18H17F5N6/c1-10-15(6-11-4-12(19)7-13(20)5-11)27-17(28-16(10)24)26-14-8-25-29(9-14)3-2-18(21,22)23/h4-5,7-9H,2-3,6H2,1H3,(H3,24,26,27,28). The van der Waals surface area contributed by atoms with Gasteiger partial charge in [0.2, 0.25) is 5.95 Å². The third kappa shape index (κ3) is 5.62. The van der Waals surface area contributed by atoms with Gasteiger partial charge in [-0.15, -0.1) is 0 Å². The molecule has 0 atom stereocenters. The lowest BCUT2D eigenvalue weighted by Crippen LogP contribution is -2.12. The van der Waals surface area contributed by atoms with E-state index in [9.17, 15) is 22.0 Å². The van der Waals surface area contributed by atoms with Crippen molar-refractivity contribution in [1.82, 2.24) is 19.7 Å². The van der Waals surface area contributed by atoms with Crippen molar-refractivity contribution in [1.29, 1.82) is 0 Å². The smallest absolute Gasteiger partial charge is 0.383 e. The molecule has 0 spiro atoms. The Morgan fingerprint density at radius 3 is 2.45 bits per heavy atom. The highest BCUT2D eigenvalue weighted by atomic mass is 19.4. The number of hydrogen-bond donors (Lipinski definition) is 2. The maximum Gasteiger partial charge on any atom is 0.390 e. The van der Waals surface area contributed by atoms with E-state index in [-0.39, 0.29) is 24.7 Å². The minimum atomic E-state index is -4.28. The molecule has 0 aliphatic carbocycles. The third-order valence-electron chi connectivity index (χ3n) is 4.09. The summed E-state index contributed by atoms with van der Waals surface area (Å²) in [7, 11) is 0. The van der Waals surface area contributed by atoms with E-state index < -0.39 is 24.2 Å². The Morgan fingerprint density at radius 2 is 1.79 bits per heavy atom. The van der Waals surface area contributed by atoms with E-state index in [2.05, 4.69) is 20.4 Å². The summed E-state index contributed by atoms with van der Waals surface area (Å²) in [5.74, 6) is -1.15. The van der Waals surface area contributed by atoms with Gasteiger partial charge < -0.3 is 11.1 Å². The molecular formula is C18H17F5N6. The summed E-state index contributed by atoms with van der Waals surface area (Å²) in [5.41, 5.74) is 7.66. The Morgan fingerprint density at radius 1 is 1.10 bits per heavy atom. The number of rotatable bonds is 6. The fourth-order valence-corrected chi connectivity index (χ4v) is 2.64. The molecular weight excluding hydrogens is 395 g/mol. The number of halogens is 5. The Labute approximate surface area is 162 Å². The van der Waals surface area contributed by atoms with Crippen LogP contribution in [-0.4, -0.2) is 25.9 Å². The van der Waals surface area contributed by atoms with E-state index in [1.165, 1.54) is 24.5 Å². The molecule has 1 aromatic carbocycles. The van der Waals surface area contributed by atoms with E-state index in [1.54, 1.807) is 6.92 Å². The zero-order valence-corrected chi connectivity index (χ0v) is 15.3. The minimum absolute atomic E-state index is 0.0929. The molecule has 0 aliphatic heterocycles. The Balaban J connectivity index is 1.78. The molecule has 6 nitrogen and oxygen atoms in total. The molecule has 29 heavy (non-hydrogen) atoms. The summed E-state index contributed by atoms with van der Waals surface area (Å²) >= 11 is 0. The van der Waals surface area contributed by atoms with Crippen molar-refractivity contribution in [3.8, 4) is 0 Å². The lowest BCUT2D eigenvalue weighted by atomic mass is 10.1. The molecule has 3 N–H and O–H groups in total. The number of nitrogen functional groups attached to an aromatic ring is 1. The van der Waals surface area contributed by atoms with E-state index in [4.69, 9.17) is 5.73 Å². The van der Waals surface area contributed by atoms with Crippen molar-refractivity contribution in [2.24, 2.45) is 0 Å². The average molecular weight is 412 g/mol. The summed E-state index contributed by atoms with van der Waals surface area (Å²) in [5, 5.41) is 6.67. The zero-order chi connectivity index (χ0) is 21.2. The molecule has 0 aliphatic rings. The van der Waals surface area contributed by atoms with Crippen LogP contribution in [0.2, 0.25) is 0 Å². The first-order chi connectivity index (χ1) is 13.6. The van der Waals surface area contributed by atoms with Crippen molar-refractivity contribution in [2.45, 2.75) is 32.5 Å². The first-order valence-corrected chi connectivity index (χ1v) is 8.53. The lowest BCUT2D eigenvalue weighted by Gasteiger charge is -2.11. The maximum atomic E-state index is 13.4. The van der Waals surface area contributed by atoms with Crippen LogP contribution in [-0.2, 0) is 13.0 Å². The van der Waals surface area contributed by atoms with Crippen molar-refractivity contribution in [2.75, 3.05) is 11.1 Å². The highest BCUT2D eigenvalue weighted by Crippen LogP contribution is 2.23. The second-order valence-electron chi connectivity index (χ2n) is 6.44. The minimum Gasteiger partial charge on any atom is -0.383 e. The highest BCUT2D eigenvalue weighted by Gasteiger charge is 2.26. The SMILES string of the molecule is Cc1c(N)nc(Nc2cnn(CCC(F)(F)F)c2)nc1Cc1cc(F)cc(F)c1. The van der Waals surface area contributed by atoms with E-state index >= 15 is 0 Å². The molecule has 154 valence electrons. The summed E-state index contributed by atoms with van der Waals surface area (Å²) in [6.45, 7) is 1.36. The number of nitrogens with zero attached hydrogens (tertiary/aromatic N) is 4. The molecule has 3 aromatic rings. The molecule has 0 saturated heterocycles. The van der Waals surface area contributed by atoms with Gasteiger partial charge >= 0.3 is 6.18 Å². The van der Waals surface area contributed by atoms with Crippen LogP contribution in [0.25, 0.3) is 0 Å². The molecule has 11 heteroatoms. The number of anilines is 3. The second kappa shape index (κ2) is 8.02. The molecule has 0 saturated carbocycles. The van der Waals surface area contributed by atoms with Crippen LogP contribution in [0.1, 0.15) is 23.2 Å². The van der Waals surface area contributed by atoms with Crippen LogP contribution < -0.4 is 11.1 Å². The first kappa shape index (κ1) is 20.5. The largest absolute Gasteiger partial charge is 0.390 e. The van der Waals surface area contributed by atoms with Crippen molar-refractivity contribution < 1.29 is 22.0 Å². The van der Waals surface area contributed by atoms with Gasteiger partial charge in [-0.3, -0.25) is 4.68 Å². The second-order valence-corrected chi connectivity index (χ2v) is 6.44. The molecule has 0 bridgehead atoms. The van der Waals surface area contributed by atoms with Gasteiger partial charge in [-0.05, 0) is 24.6 Å². The fourth-order valence-electron chi connectivity index (χ4n) is 2.64. The van der Waals surface area contributed by atoms with Crippen molar-refractivity contribution >= 4 is 17.5 Å². The zero-order valence-electron chi connectivity index (χ0n) is 15.3. The van der Waals surface area contributed by atoms with Crippen LogP contribution >= 0.6 is 0 Å². The van der Waals surface area contributed by atoms with Gasteiger partial charge in [0, 0.05) is 30.8 Å². The van der Waals surface area contributed by atoms with Crippen LogP contribution in [0.4, 0.5) is 39.4 Å². The van der Waals surface area contributed by atoms with Gasteiger partial charge in [0.25, 0.3) is 0 Å². The van der Waals surface area contributed by atoms with Gasteiger partial charge in [0.05, 0.1) is 24.0 Å². The van der Waals surface area contributed by atoms with Gasteiger partial charge in [-0.2, -0.15) is 23.3 Å². The third-order valence-corrected chi connectivity index (χ3v) is 4.09. The number of benzene rings is 1. The van der Waals surface area contributed by atoms with Crippen molar-refractivity contribution in [3.05, 3.63) is 59.0 Å². The maximum absolute atomic E-state index is 13.4. The lowest BCUT2D eigenvalue weighted by molar-refractivity contribution is -0.137. The van der Waals surface area contributed by atoms with Crippen LogP contribution in [0.15, 0.2) is 30.6 Å². The van der Waals surface area contributed by atoms with Gasteiger partial charge in [0.1, 0.15) is 17.5 Å². The van der Waals surface area contributed by atoms with Gasteiger partial charge in [-0.25, -0.2) is 13.8 Å². The fraction of sp³-hybridized carbons (Fsp3) is 0.278. The Hall–Kier alpha value is -3.24. The Kier molecular flexibility index (Phi) is 5.66. The molecule has 2 aromatic heterocycles. The van der Waals surface area contributed by atoms with Crippen molar-refractivity contribution in [3.63, 3.8) is 0 Å². The highest BCUT2D eigenvalue weighted by molar-refractivity contribution is 5.55. The number of hydrogen-bond acceptors (Lipinski definition) is 5. The topological polar surface area (TPSA) is 81.6 Å². The normalized spacial score (nSPS) is 11.7. The summed E-state index contributed by atoms with van der Waals surface area (Å²) in [6.07, 6.45) is -2.45. The van der Waals surface area contributed by atoms with Gasteiger partial charge in [0.15, 0.2) is 0 Å². The summed E-state index contributed by atoms with van der Waals surface area (Å²) in [6, 6.07) is 3.16. The monoisotopic (exact) mass is 412 g/mol. The van der Waals surface area contributed by atoms with Crippen LogP contribution in [0.3, 0.4) is 0 Å². The van der Waals surface area contributed by atoms with Gasteiger partial charge in [-0.1, -0.05) is 0 Å². The molecule has 2 heterocycles. The number of nitrogens with two attached hydrogens (primary N) is 1. The summed E-state index contributed by atoms with van der Waals surface area (Å²) < 4.78 is 64.9. The Bertz CT molecular complexity index is 994. The number of aryl methyl sites for hydroxylation is 1. The average Bonchev–Trinajstić information content (AvgIpc) is 3.03. The van der Waals surface area contributed by atoms with E-state index in [1.807, 2.05) is 0 Å². The predicted octanol–water partition coefficient (Wildman–Crippen LogP) is 4.13. The predicted molar refractivity (Wildman–Crippen MR) is 96.5 cm³/mol. The van der Waals surface area contributed by atoms with Crippen LogP contribution in [0.5, 0.6) is 0 Å². The first-order valence-electron chi connectivity index (χ1n) is 8.53. The molecule has 0 radical (unpaired) electrons. The van der Waals surface area contributed by atoms with E-state index in [0.717, 1.165) is 10.7 Å². The number of nitrogens with one attached hydrogen (secondary N) is 1. The quantitative estimate of drug-likeness (QED) is 0.595. The molecule has 0 fully saturated rings. The van der Waals surface area contributed by atoms with E-state index in [0.29, 0.717) is 22.5 Å². The summed E-state index contributed by atoms with van der Waals surface area (Å²) in [4.78, 5) is 8.40. The van der Waals surface area contributed by atoms with Crippen LogP contribution in [0, 0.1) is 18.6 Å². The molecule has 0 unspecified atom stereocenters. The molecule has 3 rings (SSSR count). The number of alkyl halides is 3.